The van der Waals surface area contributed by atoms with Crippen molar-refractivity contribution in [2.75, 3.05) is 30.0 Å². The predicted molar refractivity (Wildman–Crippen MR) is 104 cm³/mol. The van der Waals surface area contributed by atoms with Crippen LogP contribution in [0.4, 0.5) is 10.1 Å². The highest BCUT2D eigenvalue weighted by molar-refractivity contribution is 7.90. The second-order valence-electron chi connectivity index (χ2n) is 6.17. The van der Waals surface area contributed by atoms with Gasteiger partial charge in [-0.25, -0.2) is 25.9 Å². The van der Waals surface area contributed by atoms with E-state index in [-0.39, 0.29) is 29.6 Å². The standard InChI is InChI=1S/C18H23FN2O4S2/c1-3-20-27(24,25)18-10-8-17(9-11-18)21(12-13-26(2,22)23)14-15-4-6-16(19)7-5-15/h4-11,20H,3,12-14H2,1-2H3. The summed E-state index contributed by atoms with van der Waals surface area (Å²) in [5, 5.41) is 0. The Labute approximate surface area is 160 Å². The number of sulfonamides is 1. The van der Waals surface area contributed by atoms with Gasteiger partial charge in [-0.05, 0) is 42.0 Å². The van der Waals surface area contributed by atoms with E-state index in [2.05, 4.69) is 4.72 Å². The van der Waals surface area contributed by atoms with Crippen LogP contribution in [0.5, 0.6) is 0 Å². The van der Waals surface area contributed by atoms with Crippen LogP contribution in [0.2, 0.25) is 0 Å². The Balaban J connectivity index is 2.27. The maximum absolute atomic E-state index is 13.1. The molecule has 0 aromatic heterocycles. The molecule has 1 N–H and O–H groups in total. The highest BCUT2D eigenvalue weighted by Gasteiger charge is 2.15. The van der Waals surface area contributed by atoms with Gasteiger partial charge in [-0.3, -0.25) is 0 Å². The fourth-order valence-corrected chi connectivity index (χ4v) is 4.09. The Morgan fingerprint density at radius 2 is 1.56 bits per heavy atom. The average molecular weight is 415 g/mol. The molecule has 0 bridgehead atoms. The third kappa shape index (κ3) is 6.60. The number of rotatable bonds is 9. The van der Waals surface area contributed by atoms with Gasteiger partial charge in [0.05, 0.1) is 10.6 Å². The summed E-state index contributed by atoms with van der Waals surface area (Å²) in [6.45, 7) is 2.58. The smallest absolute Gasteiger partial charge is 0.240 e. The van der Waals surface area contributed by atoms with Gasteiger partial charge in [0.15, 0.2) is 0 Å². The van der Waals surface area contributed by atoms with Crippen molar-refractivity contribution < 1.29 is 21.2 Å². The Hall–Kier alpha value is -1.97. The maximum Gasteiger partial charge on any atom is 0.240 e. The van der Waals surface area contributed by atoms with E-state index in [1.54, 1.807) is 31.2 Å². The zero-order valence-corrected chi connectivity index (χ0v) is 16.9. The minimum atomic E-state index is -3.56. The number of hydrogen-bond donors (Lipinski definition) is 1. The maximum atomic E-state index is 13.1. The van der Waals surface area contributed by atoms with Gasteiger partial charge in [0.1, 0.15) is 15.7 Å². The van der Waals surface area contributed by atoms with Crippen LogP contribution in [0, 0.1) is 5.82 Å². The Morgan fingerprint density at radius 1 is 0.963 bits per heavy atom. The minimum Gasteiger partial charge on any atom is -0.366 e. The molecule has 2 rings (SSSR count). The van der Waals surface area contributed by atoms with Crippen LogP contribution >= 0.6 is 0 Å². The Morgan fingerprint density at radius 3 is 2.07 bits per heavy atom. The lowest BCUT2D eigenvalue weighted by atomic mass is 10.2. The summed E-state index contributed by atoms with van der Waals surface area (Å²) in [7, 11) is -6.73. The van der Waals surface area contributed by atoms with Gasteiger partial charge in [-0.15, -0.1) is 0 Å². The predicted octanol–water partition coefficient (Wildman–Crippen LogP) is 2.18. The number of halogens is 1. The van der Waals surface area contributed by atoms with Gasteiger partial charge in [0.2, 0.25) is 10.0 Å². The first-order valence-corrected chi connectivity index (χ1v) is 11.9. The van der Waals surface area contributed by atoms with Crippen LogP contribution in [-0.2, 0) is 26.4 Å². The van der Waals surface area contributed by atoms with E-state index in [0.717, 1.165) is 11.8 Å². The van der Waals surface area contributed by atoms with E-state index in [9.17, 15) is 21.2 Å². The summed E-state index contributed by atoms with van der Waals surface area (Å²) in [4.78, 5) is 1.95. The fourth-order valence-electron chi connectivity index (χ4n) is 2.50. The van der Waals surface area contributed by atoms with Crippen LogP contribution in [-0.4, -0.2) is 41.9 Å². The van der Waals surface area contributed by atoms with Gasteiger partial charge in [-0.2, -0.15) is 0 Å². The molecule has 0 heterocycles. The summed E-state index contributed by atoms with van der Waals surface area (Å²) in [5.74, 6) is -0.398. The lowest BCUT2D eigenvalue weighted by Crippen LogP contribution is -2.29. The number of sulfone groups is 1. The monoisotopic (exact) mass is 414 g/mol. The lowest BCUT2D eigenvalue weighted by Gasteiger charge is -2.25. The first kappa shape index (κ1) is 21.3. The number of anilines is 1. The molecule has 0 unspecified atom stereocenters. The van der Waals surface area contributed by atoms with Crippen molar-refractivity contribution in [1.29, 1.82) is 0 Å². The van der Waals surface area contributed by atoms with Crippen molar-refractivity contribution in [2.24, 2.45) is 0 Å². The van der Waals surface area contributed by atoms with Crippen molar-refractivity contribution in [3.05, 3.63) is 59.9 Å². The zero-order valence-electron chi connectivity index (χ0n) is 15.2. The summed E-state index contributed by atoms with van der Waals surface area (Å²) in [5.41, 5.74) is 1.49. The summed E-state index contributed by atoms with van der Waals surface area (Å²) >= 11 is 0. The molecule has 9 heteroatoms. The lowest BCUT2D eigenvalue weighted by molar-refractivity contribution is 0.584. The van der Waals surface area contributed by atoms with Crippen LogP contribution < -0.4 is 9.62 Å². The quantitative estimate of drug-likeness (QED) is 0.680. The molecule has 0 amide bonds. The van der Waals surface area contributed by atoms with Gasteiger partial charge in [0.25, 0.3) is 0 Å². The van der Waals surface area contributed by atoms with E-state index < -0.39 is 19.9 Å². The van der Waals surface area contributed by atoms with Crippen LogP contribution in [0.1, 0.15) is 12.5 Å². The summed E-state index contributed by atoms with van der Waals surface area (Å²) in [6.07, 6.45) is 1.16. The molecule has 2 aromatic carbocycles. The van der Waals surface area contributed by atoms with Crippen molar-refractivity contribution in [1.82, 2.24) is 4.72 Å². The van der Waals surface area contributed by atoms with Crippen LogP contribution in [0.3, 0.4) is 0 Å². The summed E-state index contributed by atoms with van der Waals surface area (Å²) in [6, 6.07) is 12.2. The molecular formula is C18H23FN2O4S2. The number of nitrogens with zero attached hydrogens (tertiary/aromatic N) is 1. The van der Waals surface area contributed by atoms with Crippen molar-refractivity contribution in [3.8, 4) is 0 Å². The molecule has 148 valence electrons. The van der Waals surface area contributed by atoms with Gasteiger partial charge < -0.3 is 4.90 Å². The molecule has 0 radical (unpaired) electrons. The van der Waals surface area contributed by atoms with E-state index in [1.165, 1.54) is 24.3 Å². The molecule has 0 atom stereocenters. The molecule has 0 aliphatic carbocycles. The largest absolute Gasteiger partial charge is 0.366 e. The zero-order chi connectivity index (χ0) is 20.1. The average Bonchev–Trinajstić information content (AvgIpc) is 2.59. The molecular weight excluding hydrogens is 391 g/mol. The molecule has 0 fully saturated rings. The number of hydrogen-bond acceptors (Lipinski definition) is 5. The first-order valence-electron chi connectivity index (χ1n) is 8.37. The van der Waals surface area contributed by atoms with E-state index >= 15 is 0 Å². The van der Waals surface area contributed by atoms with E-state index in [0.29, 0.717) is 12.2 Å². The molecule has 0 aliphatic heterocycles. The van der Waals surface area contributed by atoms with E-state index in [1.807, 2.05) is 4.90 Å². The second kappa shape index (κ2) is 8.81. The van der Waals surface area contributed by atoms with Crippen LogP contribution in [0.25, 0.3) is 0 Å². The molecule has 0 spiro atoms. The topological polar surface area (TPSA) is 83.6 Å². The number of nitrogens with one attached hydrogen (secondary N) is 1. The molecule has 27 heavy (non-hydrogen) atoms. The second-order valence-corrected chi connectivity index (χ2v) is 10.2. The third-order valence-corrected chi connectivity index (χ3v) is 6.35. The Bertz CT molecular complexity index is 957. The molecule has 0 saturated carbocycles. The minimum absolute atomic E-state index is 0.0500. The molecule has 0 saturated heterocycles. The normalized spacial score (nSPS) is 12.1. The molecule has 6 nitrogen and oxygen atoms in total. The highest BCUT2D eigenvalue weighted by Crippen LogP contribution is 2.20. The van der Waals surface area contributed by atoms with Crippen molar-refractivity contribution >= 4 is 25.5 Å². The van der Waals surface area contributed by atoms with Gasteiger partial charge in [0, 0.05) is 31.6 Å². The van der Waals surface area contributed by atoms with Gasteiger partial charge >= 0.3 is 0 Å². The number of benzene rings is 2. The van der Waals surface area contributed by atoms with Crippen molar-refractivity contribution in [3.63, 3.8) is 0 Å². The summed E-state index contributed by atoms with van der Waals surface area (Å²) < 4.78 is 62.8. The van der Waals surface area contributed by atoms with E-state index in [4.69, 9.17) is 0 Å². The molecule has 2 aromatic rings. The SMILES string of the molecule is CCNS(=O)(=O)c1ccc(N(CCS(C)(=O)=O)Cc2ccc(F)cc2)cc1. The molecule has 0 aliphatic rings. The fraction of sp³-hybridized carbons (Fsp3) is 0.333. The Kier molecular flexibility index (Phi) is 6.96. The van der Waals surface area contributed by atoms with Crippen molar-refractivity contribution in [2.45, 2.75) is 18.4 Å². The van der Waals surface area contributed by atoms with Crippen LogP contribution in [0.15, 0.2) is 53.4 Å². The highest BCUT2D eigenvalue weighted by atomic mass is 32.2. The third-order valence-electron chi connectivity index (χ3n) is 3.87. The van der Waals surface area contributed by atoms with Gasteiger partial charge in [-0.1, -0.05) is 19.1 Å². The first-order chi connectivity index (χ1) is 12.6.